The lowest BCUT2D eigenvalue weighted by Crippen LogP contribution is -2.31. The molecule has 1 amide bonds. The Hall–Kier alpha value is -2.47. The van der Waals surface area contributed by atoms with Gasteiger partial charge in [0, 0.05) is 24.2 Å². The summed E-state index contributed by atoms with van der Waals surface area (Å²) in [5.41, 5.74) is 3.96. The maximum absolute atomic E-state index is 13.5. The topological polar surface area (TPSA) is 66.1 Å². The standard InChI is InChI=1S/C23H25N3O2S/c1-13-19-15(11-23(2,3)12-17(19)27)24-20(13)22(28)26-10-6-8-16(26)21-25-14-7-4-5-9-18(14)29-21/h4-5,7,9,16,24H,6,8,10-12H2,1-3H3. The van der Waals surface area contributed by atoms with Crippen LogP contribution in [0, 0.1) is 12.3 Å². The Labute approximate surface area is 174 Å². The van der Waals surface area contributed by atoms with Crippen molar-refractivity contribution in [2.45, 2.75) is 52.5 Å². The van der Waals surface area contributed by atoms with Crippen molar-refractivity contribution in [1.82, 2.24) is 14.9 Å². The Morgan fingerprint density at radius 2 is 2.07 bits per heavy atom. The minimum atomic E-state index is -0.0706. The van der Waals surface area contributed by atoms with Gasteiger partial charge in [0.05, 0.1) is 16.3 Å². The lowest BCUT2D eigenvalue weighted by atomic mass is 9.75. The van der Waals surface area contributed by atoms with Gasteiger partial charge in [-0.15, -0.1) is 11.3 Å². The van der Waals surface area contributed by atoms with Gasteiger partial charge in [0.2, 0.25) is 0 Å². The Kier molecular flexibility index (Phi) is 4.17. The number of fused-ring (bicyclic) bond motifs is 2. The van der Waals surface area contributed by atoms with Crippen LogP contribution in [0.25, 0.3) is 10.2 Å². The quantitative estimate of drug-likeness (QED) is 0.645. The molecule has 1 unspecified atom stereocenters. The predicted octanol–water partition coefficient (Wildman–Crippen LogP) is 5.07. The third kappa shape index (κ3) is 3.01. The summed E-state index contributed by atoms with van der Waals surface area (Å²) in [4.78, 5) is 36.3. The number of aromatic nitrogens is 2. The molecule has 6 heteroatoms. The molecule has 5 nitrogen and oxygen atoms in total. The number of rotatable bonds is 2. The average molecular weight is 408 g/mol. The van der Waals surface area contributed by atoms with Crippen LogP contribution in [-0.2, 0) is 6.42 Å². The number of carbonyl (C=O) groups is 2. The number of thiazole rings is 1. The molecule has 2 aliphatic rings. The number of nitrogens with zero attached hydrogens (tertiary/aromatic N) is 2. The number of hydrogen-bond donors (Lipinski definition) is 1. The fraction of sp³-hybridized carbons (Fsp3) is 0.435. The van der Waals surface area contributed by atoms with Crippen LogP contribution in [-0.4, -0.2) is 33.1 Å². The first-order valence-electron chi connectivity index (χ1n) is 10.3. The van der Waals surface area contributed by atoms with Gasteiger partial charge in [-0.1, -0.05) is 26.0 Å². The second kappa shape index (κ2) is 6.52. The van der Waals surface area contributed by atoms with Crippen molar-refractivity contribution in [1.29, 1.82) is 0 Å². The Bertz CT molecular complexity index is 1110. The largest absolute Gasteiger partial charge is 0.354 e. The lowest BCUT2D eigenvalue weighted by Gasteiger charge is -2.28. The van der Waals surface area contributed by atoms with E-state index in [1.165, 1.54) is 0 Å². The number of hydrogen-bond acceptors (Lipinski definition) is 4. The van der Waals surface area contributed by atoms with Crippen LogP contribution < -0.4 is 0 Å². The number of para-hydroxylation sites is 1. The summed E-state index contributed by atoms with van der Waals surface area (Å²) in [5, 5.41) is 1.00. The molecule has 150 valence electrons. The highest BCUT2D eigenvalue weighted by Crippen LogP contribution is 2.40. The summed E-state index contributed by atoms with van der Waals surface area (Å²) >= 11 is 1.67. The Morgan fingerprint density at radius 1 is 1.28 bits per heavy atom. The van der Waals surface area contributed by atoms with Gasteiger partial charge >= 0.3 is 0 Å². The number of carbonyl (C=O) groups excluding carboxylic acids is 2. The van der Waals surface area contributed by atoms with Crippen molar-refractivity contribution in [2.24, 2.45) is 5.41 Å². The summed E-state index contributed by atoms with van der Waals surface area (Å²) in [6.45, 7) is 6.84. The number of nitrogens with one attached hydrogen (secondary N) is 1. The molecule has 1 atom stereocenters. The molecule has 1 aliphatic heterocycles. The molecular weight excluding hydrogens is 382 g/mol. The molecule has 0 saturated carbocycles. The Morgan fingerprint density at radius 3 is 2.86 bits per heavy atom. The normalized spacial score (nSPS) is 21.0. The van der Waals surface area contributed by atoms with E-state index < -0.39 is 0 Å². The van der Waals surface area contributed by atoms with E-state index in [0.29, 0.717) is 12.1 Å². The van der Waals surface area contributed by atoms with E-state index in [1.54, 1.807) is 11.3 Å². The molecule has 2 aromatic heterocycles. The minimum Gasteiger partial charge on any atom is -0.354 e. The molecule has 1 N–H and O–H groups in total. The highest BCUT2D eigenvalue weighted by atomic mass is 32.1. The molecule has 29 heavy (non-hydrogen) atoms. The summed E-state index contributed by atoms with van der Waals surface area (Å²) in [6.07, 6.45) is 3.22. The monoisotopic (exact) mass is 407 g/mol. The van der Waals surface area contributed by atoms with Crippen LogP contribution in [0.3, 0.4) is 0 Å². The van der Waals surface area contributed by atoms with Gasteiger partial charge in [-0.25, -0.2) is 4.98 Å². The van der Waals surface area contributed by atoms with Crippen molar-refractivity contribution in [3.63, 3.8) is 0 Å². The molecule has 1 fully saturated rings. The molecule has 3 heterocycles. The van der Waals surface area contributed by atoms with Gasteiger partial charge in [-0.2, -0.15) is 0 Å². The molecule has 1 aliphatic carbocycles. The second-order valence-electron chi connectivity index (χ2n) is 9.10. The number of ketones is 1. The first-order chi connectivity index (χ1) is 13.8. The van der Waals surface area contributed by atoms with Crippen molar-refractivity contribution >= 4 is 33.2 Å². The molecule has 0 bridgehead atoms. The molecule has 5 rings (SSSR count). The van der Waals surface area contributed by atoms with E-state index in [2.05, 4.69) is 24.9 Å². The molecule has 3 aromatic rings. The number of likely N-dealkylation sites (tertiary alicyclic amines) is 1. The van der Waals surface area contributed by atoms with Gasteiger partial charge < -0.3 is 9.88 Å². The molecule has 0 spiro atoms. The average Bonchev–Trinajstić information content (AvgIpc) is 3.36. The molecule has 0 radical (unpaired) electrons. The SMILES string of the molecule is Cc1c(C(=O)N2CCCC2c2nc3ccccc3s2)[nH]c2c1C(=O)CC(C)(C)C2. The first kappa shape index (κ1) is 18.6. The van der Waals surface area contributed by atoms with Crippen LogP contribution in [0.4, 0.5) is 0 Å². The minimum absolute atomic E-state index is 0.00627. The summed E-state index contributed by atoms with van der Waals surface area (Å²) in [6, 6.07) is 8.12. The third-order valence-electron chi connectivity index (χ3n) is 6.22. The van der Waals surface area contributed by atoms with Crippen molar-refractivity contribution < 1.29 is 9.59 Å². The molecular formula is C23H25N3O2S. The maximum Gasteiger partial charge on any atom is 0.271 e. The highest BCUT2D eigenvalue weighted by molar-refractivity contribution is 7.18. The predicted molar refractivity (Wildman–Crippen MR) is 115 cm³/mol. The third-order valence-corrected chi connectivity index (χ3v) is 7.36. The van der Waals surface area contributed by atoms with Crippen LogP contribution in [0.2, 0.25) is 0 Å². The Balaban J connectivity index is 1.50. The van der Waals surface area contributed by atoms with E-state index >= 15 is 0 Å². The maximum atomic E-state index is 13.5. The summed E-state index contributed by atoms with van der Waals surface area (Å²) in [7, 11) is 0. The van der Waals surface area contributed by atoms with Gasteiger partial charge in [-0.3, -0.25) is 9.59 Å². The van der Waals surface area contributed by atoms with E-state index in [0.717, 1.165) is 57.9 Å². The number of Topliss-reactive ketones (excluding diaryl/α,β-unsaturated/α-hetero) is 1. The van der Waals surface area contributed by atoms with Crippen LogP contribution in [0.1, 0.15) is 76.3 Å². The number of benzene rings is 1. The fourth-order valence-corrected chi connectivity index (χ4v) is 6.00. The van der Waals surface area contributed by atoms with Crippen molar-refractivity contribution in [3.8, 4) is 0 Å². The van der Waals surface area contributed by atoms with Crippen molar-refractivity contribution in [2.75, 3.05) is 6.54 Å². The van der Waals surface area contributed by atoms with Gasteiger partial charge in [-0.05, 0) is 49.3 Å². The van der Waals surface area contributed by atoms with Gasteiger partial charge in [0.15, 0.2) is 5.78 Å². The summed E-state index contributed by atoms with van der Waals surface area (Å²) < 4.78 is 1.15. The molecule has 1 saturated heterocycles. The van der Waals surface area contributed by atoms with Crippen LogP contribution in [0.5, 0.6) is 0 Å². The highest BCUT2D eigenvalue weighted by Gasteiger charge is 2.38. The number of amides is 1. The van der Waals surface area contributed by atoms with Gasteiger partial charge in [0.1, 0.15) is 10.7 Å². The van der Waals surface area contributed by atoms with Crippen LogP contribution in [0.15, 0.2) is 24.3 Å². The fourth-order valence-electron chi connectivity index (χ4n) is 4.89. The molecule has 1 aromatic carbocycles. The zero-order valence-electron chi connectivity index (χ0n) is 17.0. The number of aromatic amines is 1. The van der Waals surface area contributed by atoms with E-state index in [1.807, 2.05) is 30.0 Å². The second-order valence-corrected chi connectivity index (χ2v) is 10.2. The van der Waals surface area contributed by atoms with E-state index in [-0.39, 0.29) is 23.1 Å². The zero-order chi connectivity index (χ0) is 20.3. The zero-order valence-corrected chi connectivity index (χ0v) is 17.9. The van der Waals surface area contributed by atoms with E-state index in [9.17, 15) is 9.59 Å². The van der Waals surface area contributed by atoms with Crippen LogP contribution >= 0.6 is 11.3 Å². The van der Waals surface area contributed by atoms with Gasteiger partial charge in [0.25, 0.3) is 5.91 Å². The number of H-pyrrole nitrogens is 1. The first-order valence-corrected chi connectivity index (χ1v) is 11.1. The van der Waals surface area contributed by atoms with Crippen molar-refractivity contribution in [3.05, 3.63) is 51.8 Å². The summed E-state index contributed by atoms with van der Waals surface area (Å²) in [5.74, 6) is 0.137. The lowest BCUT2D eigenvalue weighted by molar-refractivity contribution is 0.0729. The van der Waals surface area contributed by atoms with E-state index in [4.69, 9.17) is 4.98 Å². The smallest absolute Gasteiger partial charge is 0.271 e.